The molecule has 0 aromatic heterocycles. The van der Waals surface area contributed by atoms with Crippen LogP contribution in [0.3, 0.4) is 0 Å². The van der Waals surface area contributed by atoms with Crippen LogP contribution in [0.15, 0.2) is 24.3 Å². The zero-order valence-corrected chi connectivity index (χ0v) is 23.1. The second kappa shape index (κ2) is 10.1. The Labute approximate surface area is 196 Å². The van der Waals surface area contributed by atoms with Gasteiger partial charge >= 0.3 is 0 Å². The van der Waals surface area contributed by atoms with E-state index in [4.69, 9.17) is 5.73 Å². The highest BCUT2D eigenvalue weighted by atomic mass is 14.7. The van der Waals surface area contributed by atoms with E-state index in [-0.39, 0.29) is 10.8 Å². The lowest BCUT2D eigenvalue weighted by Crippen LogP contribution is -2.41. The molecule has 0 amide bonds. The lowest BCUT2D eigenvalue weighted by atomic mass is 9.54. The highest BCUT2D eigenvalue weighted by molar-refractivity contribution is 5.28. The Bertz CT molecular complexity index is 617. The highest BCUT2D eigenvalue weighted by Crippen LogP contribution is 2.73. The van der Waals surface area contributed by atoms with Crippen LogP contribution in [0.25, 0.3) is 0 Å². The summed E-state index contributed by atoms with van der Waals surface area (Å²) in [6.45, 7) is 34.5. The van der Waals surface area contributed by atoms with Gasteiger partial charge in [-0.3, -0.25) is 0 Å². The Morgan fingerprint density at radius 3 is 1.90 bits per heavy atom. The minimum atomic E-state index is 0.153. The predicted molar refractivity (Wildman–Crippen MR) is 141 cm³/mol. The normalized spacial score (nSPS) is 23.8. The highest BCUT2D eigenvalue weighted by Gasteiger charge is 2.64. The molecule has 1 nitrogen and oxygen atoms in total. The van der Waals surface area contributed by atoms with E-state index in [1.54, 1.807) is 0 Å². The summed E-state index contributed by atoms with van der Waals surface area (Å²) in [5, 5.41) is 0. The maximum Gasteiger partial charge on any atom is -0.00288 e. The molecule has 0 aromatic rings. The molecule has 0 heterocycles. The zero-order chi connectivity index (χ0) is 24.3. The third-order valence-electron chi connectivity index (χ3n) is 9.04. The quantitative estimate of drug-likeness (QED) is 0.215. The van der Waals surface area contributed by atoms with E-state index < -0.39 is 0 Å². The van der Waals surface area contributed by atoms with Gasteiger partial charge in [0.25, 0.3) is 0 Å². The Hall–Kier alpha value is -0.560. The second-order valence-corrected chi connectivity index (χ2v) is 13.7. The first kappa shape index (κ1) is 28.5. The van der Waals surface area contributed by atoms with Crippen molar-refractivity contribution in [1.29, 1.82) is 0 Å². The molecule has 0 spiro atoms. The molecule has 1 rings (SSSR count). The summed E-state index contributed by atoms with van der Waals surface area (Å²) in [6.07, 6.45) is 10.9. The van der Waals surface area contributed by atoms with Gasteiger partial charge in [0, 0.05) is 0 Å². The third kappa shape index (κ3) is 6.72. The number of hydrogen-bond donors (Lipinski definition) is 1. The van der Waals surface area contributed by atoms with Gasteiger partial charge in [-0.05, 0) is 84.5 Å². The lowest BCUT2D eigenvalue weighted by molar-refractivity contribution is 0.0414. The third-order valence-corrected chi connectivity index (χ3v) is 9.04. The van der Waals surface area contributed by atoms with E-state index in [0.717, 1.165) is 19.4 Å². The molecule has 1 saturated carbocycles. The van der Waals surface area contributed by atoms with Gasteiger partial charge in [0.1, 0.15) is 0 Å². The Balaban J connectivity index is 3.06. The van der Waals surface area contributed by atoms with Gasteiger partial charge in [-0.1, -0.05) is 106 Å². The first-order valence-corrected chi connectivity index (χ1v) is 13.1. The van der Waals surface area contributed by atoms with Gasteiger partial charge < -0.3 is 5.73 Å². The van der Waals surface area contributed by atoms with Crippen molar-refractivity contribution in [2.45, 2.75) is 127 Å². The molecule has 182 valence electrons. The van der Waals surface area contributed by atoms with E-state index in [1.165, 1.54) is 56.1 Å². The topological polar surface area (TPSA) is 26.0 Å². The molecule has 1 aliphatic carbocycles. The first-order valence-electron chi connectivity index (χ1n) is 13.1. The van der Waals surface area contributed by atoms with Crippen LogP contribution in [-0.2, 0) is 0 Å². The van der Waals surface area contributed by atoms with E-state index in [0.29, 0.717) is 22.2 Å². The van der Waals surface area contributed by atoms with Crippen LogP contribution in [-0.4, -0.2) is 6.54 Å². The summed E-state index contributed by atoms with van der Waals surface area (Å²) < 4.78 is 0. The molecule has 2 N–H and O–H groups in total. The van der Waals surface area contributed by atoms with Crippen molar-refractivity contribution in [3.8, 4) is 0 Å². The minimum absolute atomic E-state index is 0.153. The molecule has 3 unspecified atom stereocenters. The van der Waals surface area contributed by atoms with E-state index in [9.17, 15) is 0 Å². The molecule has 31 heavy (non-hydrogen) atoms. The molecule has 3 atom stereocenters. The molecule has 1 heteroatoms. The number of nitrogens with two attached hydrogens (primary N) is 1. The fourth-order valence-electron chi connectivity index (χ4n) is 6.70. The van der Waals surface area contributed by atoms with Gasteiger partial charge in [-0.25, -0.2) is 0 Å². The fraction of sp³-hybridized carbons (Fsp3) is 0.867. The minimum Gasteiger partial charge on any atom is -0.330 e. The summed E-state index contributed by atoms with van der Waals surface area (Å²) >= 11 is 0. The number of hydrogen-bond acceptors (Lipinski definition) is 1. The predicted octanol–water partition coefficient (Wildman–Crippen LogP) is 9.33. The van der Waals surface area contributed by atoms with Crippen molar-refractivity contribution in [1.82, 2.24) is 0 Å². The average molecular weight is 432 g/mol. The number of unbranched alkanes of at least 4 members (excludes halogenated alkanes) is 3. The summed E-state index contributed by atoms with van der Waals surface area (Å²) in [5.74, 6) is 0.567. The number of allylic oxidation sites excluding steroid dienone is 2. The van der Waals surface area contributed by atoms with Crippen LogP contribution in [0.1, 0.15) is 127 Å². The van der Waals surface area contributed by atoms with Crippen LogP contribution in [0, 0.1) is 33.0 Å². The summed E-state index contributed by atoms with van der Waals surface area (Å²) in [6, 6.07) is 0. The average Bonchev–Trinajstić information content (AvgIpc) is 3.19. The van der Waals surface area contributed by atoms with Crippen molar-refractivity contribution < 1.29 is 0 Å². The smallest absolute Gasteiger partial charge is 0.00288 e. The van der Waals surface area contributed by atoms with Crippen molar-refractivity contribution in [3.63, 3.8) is 0 Å². The Morgan fingerprint density at radius 1 is 0.968 bits per heavy atom. The molecular formula is C30H57N. The number of rotatable bonds is 14. The SMILES string of the molecule is C=C(CC)C(C)(CC(C)(C)C)C(C)C(C)(C)CC1(C(=C)CCCCCCN)CC1(C)C. The van der Waals surface area contributed by atoms with Gasteiger partial charge in [0.05, 0.1) is 0 Å². The molecule has 0 saturated heterocycles. The summed E-state index contributed by atoms with van der Waals surface area (Å²) in [4.78, 5) is 0. The largest absolute Gasteiger partial charge is 0.330 e. The van der Waals surface area contributed by atoms with Gasteiger partial charge in [0.2, 0.25) is 0 Å². The summed E-state index contributed by atoms with van der Waals surface area (Å²) in [7, 11) is 0. The lowest BCUT2D eigenvalue weighted by Gasteiger charge is -2.50. The van der Waals surface area contributed by atoms with Crippen molar-refractivity contribution >= 4 is 0 Å². The maximum absolute atomic E-state index is 5.66. The molecule has 1 fully saturated rings. The van der Waals surface area contributed by atoms with Crippen LogP contribution in [0.2, 0.25) is 0 Å². The zero-order valence-electron chi connectivity index (χ0n) is 23.1. The van der Waals surface area contributed by atoms with Crippen LogP contribution in [0.5, 0.6) is 0 Å². The fourth-order valence-corrected chi connectivity index (χ4v) is 6.70. The van der Waals surface area contributed by atoms with Crippen molar-refractivity contribution in [3.05, 3.63) is 24.3 Å². The second-order valence-electron chi connectivity index (χ2n) is 13.7. The van der Waals surface area contributed by atoms with E-state index >= 15 is 0 Å². The van der Waals surface area contributed by atoms with E-state index in [1.807, 2.05) is 0 Å². The van der Waals surface area contributed by atoms with Crippen LogP contribution >= 0.6 is 0 Å². The monoisotopic (exact) mass is 431 g/mol. The van der Waals surface area contributed by atoms with Crippen LogP contribution in [0.4, 0.5) is 0 Å². The Morgan fingerprint density at radius 2 is 1.48 bits per heavy atom. The van der Waals surface area contributed by atoms with Crippen molar-refractivity contribution in [2.75, 3.05) is 6.54 Å². The first-order chi connectivity index (χ1) is 14.0. The molecule has 0 bridgehead atoms. The molecular weight excluding hydrogens is 374 g/mol. The van der Waals surface area contributed by atoms with Gasteiger partial charge in [-0.2, -0.15) is 0 Å². The Kier molecular flexibility index (Phi) is 9.32. The standard InChI is InChI=1S/C30H57N/c1-13-23(2)29(12,20-26(5,6)7)25(4)27(8,9)21-30(22-28(30,10)11)24(3)18-16-14-15-17-19-31/h25H,2-3,13-22,31H2,1,4-12H3. The van der Waals surface area contributed by atoms with Crippen LogP contribution < -0.4 is 5.73 Å². The maximum atomic E-state index is 5.66. The molecule has 1 aliphatic rings. The van der Waals surface area contributed by atoms with Gasteiger partial charge in [-0.15, -0.1) is 0 Å². The van der Waals surface area contributed by atoms with Gasteiger partial charge in [0.15, 0.2) is 0 Å². The van der Waals surface area contributed by atoms with E-state index in [2.05, 4.69) is 82.4 Å². The molecule has 0 aromatic carbocycles. The molecule has 0 aliphatic heterocycles. The summed E-state index contributed by atoms with van der Waals surface area (Å²) in [5.41, 5.74) is 9.95. The molecule has 0 radical (unpaired) electrons. The van der Waals surface area contributed by atoms with Crippen molar-refractivity contribution in [2.24, 2.45) is 38.7 Å².